The molecule has 0 aliphatic carbocycles. The Kier molecular flexibility index (Phi) is 12.8. The lowest BCUT2D eigenvalue weighted by Crippen LogP contribution is -2.34. The van der Waals surface area contributed by atoms with Crippen LogP contribution in [0.4, 0.5) is 17.1 Å². The predicted molar refractivity (Wildman–Crippen MR) is 223 cm³/mol. The number of hydrogen-bond acceptors (Lipinski definition) is 3. The second kappa shape index (κ2) is 16.3. The molecule has 4 rings (SSSR count). The van der Waals surface area contributed by atoms with Gasteiger partial charge in [-0.25, -0.2) is 0 Å². The molecule has 2 unspecified atom stereocenters. The fourth-order valence-electron chi connectivity index (χ4n) is 7.59. The van der Waals surface area contributed by atoms with E-state index >= 15 is 0 Å². The van der Waals surface area contributed by atoms with Gasteiger partial charge in [-0.15, -0.1) is 0 Å². The van der Waals surface area contributed by atoms with Crippen LogP contribution in [0.15, 0.2) is 84.9 Å². The van der Waals surface area contributed by atoms with E-state index in [1.807, 2.05) is 0 Å². The summed E-state index contributed by atoms with van der Waals surface area (Å²) in [6, 6.07) is 31.8. The van der Waals surface area contributed by atoms with Crippen molar-refractivity contribution in [3.8, 4) is 5.75 Å². The number of hydrogen-bond donors (Lipinski definition) is 2. The van der Waals surface area contributed by atoms with Gasteiger partial charge in [0, 0.05) is 29.6 Å². The molecule has 0 spiro atoms. The highest BCUT2D eigenvalue weighted by Crippen LogP contribution is 2.40. The highest BCUT2D eigenvalue weighted by Gasteiger charge is 2.27. The molecule has 2 atom stereocenters. The van der Waals surface area contributed by atoms with Crippen LogP contribution in [0.3, 0.4) is 0 Å². The molecule has 0 amide bonds. The van der Waals surface area contributed by atoms with Crippen molar-refractivity contribution in [3.05, 3.63) is 118 Å². The molecule has 3 nitrogen and oxygen atoms in total. The molecule has 4 aromatic rings. The molecular formula is C48H68N2O. The largest absolute Gasteiger partial charge is 0.507 e. The number of nitrogens with one attached hydrogen (secondary N) is 1. The number of phenols is 1. The average Bonchev–Trinajstić information content (AvgIpc) is 3.00. The van der Waals surface area contributed by atoms with E-state index in [4.69, 9.17) is 0 Å². The smallest absolute Gasteiger partial charge is 0.123 e. The van der Waals surface area contributed by atoms with Gasteiger partial charge >= 0.3 is 0 Å². The minimum Gasteiger partial charge on any atom is -0.507 e. The number of rotatable bonds is 13. The highest BCUT2D eigenvalue weighted by atomic mass is 16.3. The maximum Gasteiger partial charge on any atom is 0.123 e. The molecule has 0 heterocycles. The second-order valence-electron chi connectivity index (χ2n) is 19.1. The monoisotopic (exact) mass is 689 g/mol. The molecule has 0 radical (unpaired) electrons. The number of phenolic OH excluding ortho intramolecular Hbond substituents is 1. The Morgan fingerprint density at radius 2 is 1.06 bits per heavy atom. The van der Waals surface area contributed by atoms with Gasteiger partial charge < -0.3 is 15.3 Å². The van der Waals surface area contributed by atoms with Gasteiger partial charge in [0.05, 0.1) is 0 Å². The average molecular weight is 689 g/mol. The van der Waals surface area contributed by atoms with Crippen molar-refractivity contribution in [2.75, 3.05) is 10.2 Å². The Morgan fingerprint density at radius 1 is 0.608 bits per heavy atom. The first-order valence-corrected chi connectivity index (χ1v) is 19.4. The van der Waals surface area contributed by atoms with Crippen molar-refractivity contribution in [2.45, 2.75) is 139 Å². The fourth-order valence-corrected chi connectivity index (χ4v) is 7.59. The maximum atomic E-state index is 11.3. The molecule has 3 heteroatoms. The fraction of sp³-hybridized carbons (Fsp3) is 0.500. The molecule has 276 valence electrons. The Bertz CT molecular complexity index is 1640. The lowest BCUT2D eigenvalue weighted by Gasteiger charge is -2.34. The summed E-state index contributed by atoms with van der Waals surface area (Å²) >= 11 is 0. The van der Waals surface area contributed by atoms with Gasteiger partial charge in [-0.3, -0.25) is 0 Å². The van der Waals surface area contributed by atoms with E-state index in [0.29, 0.717) is 29.0 Å². The summed E-state index contributed by atoms with van der Waals surface area (Å²) in [7, 11) is 0. The van der Waals surface area contributed by atoms with Crippen LogP contribution < -0.4 is 10.2 Å². The van der Waals surface area contributed by atoms with Crippen LogP contribution >= 0.6 is 0 Å². The number of anilines is 3. The second-order valence-corrected chi connectivity index (χ2v) is 19.1. The van der Waals surface area contributed by atoms with Crippen LogP contribution in [0.25, 0.3) is 0 Å². The van der Waals surface area contributed by atoms with Gasteiger partial charge in [0.2, 0.25) is 0 Å². The van der Waals surface area contributed by atoms with Gasteiger partial charge in [-0.2, -0.15) is 0 Å². The standard InChI is InChI=1S/C48H68N2O/c1-33(2)26-35(4)50(32-39-29-43(47(8,9)10)45(51)44(30-39)48(11,12)13)42-24-22-41(23-25-42)49-40-20-18-38(19-21-40)28-37-16-14-36(15-17-37)27-34(3)31-46(5,6)7/h14-25,29-30,33-35,49,51H,26-28,31-32H2,1-13H3. The van der Waals surface area contributed by atoms with Crippen molar-refractivity contribution in [1.82, 2.24) is 0 Å². The van der Waals surface area contributed by atoms with Gasteiger partial charge in [-0.1, -0.05) is 119 Å². The Hall–Kier alpha value is -3.72. The van der Waals surface area contributed by atoms with Crippen molar-refractivity contribution < 1.29 is 5.11 Å². The molecule has 51 heavy (non-hydrogen) atoms. The minimum absolute atomic E-state index is 0.157. The van der Waals surface area contributed by atoms with E-state index in [9.17, 15) is 5.11 Å². The van der Waals surface area contributed by atoms with Crippen molar-refractivity contribution in [2.24, 2.45) is 17.3 Å². The van der Waals surface area contributed by atoms with Gasteiger partial charge in [0.25, 0.3) is 0 Å². The molecule has 0 aliphatic heterocycles. The summed E-state index contributed by atoms with van der Waals surface area (Å²) < 4.78 is 0. The summed E-state index contributed by atoms with van der Waals surface area (Å²) in [6.07, 6.45) is 4.42. The van der Waals surface area contributed by atoms with Crippen LogP contribution in [0.1, 0.15) is 136 Å². The number of benzene rings is 4. The lowest BCUT2D eigenvalue weighted by molar-refractivity contribution is 0.306. The zero-order valence-electron chi connectivity index (χ0n) is 34.2. The maximum absolute atomic E-state index is 11.3. The summed E-state index contributed by atoms with van der Waals surface area (Å²) in [6.45, 7) is 30.2. The molecular weight excluding hydrogens is 621 g/mol. The van der Waals surface area contributed by atoms with E-state index < -0.39 is 0 Å². The summed E-state index contributed by atoms with van der Waals surface area (Å²) in [5.41, 5.74) is 10.8. The molecule has 0 saturated heterocycles. The summed E-state index contributed by atoms with van der Waals surface area (Å²) in [5, 5.41) is 15.0. The van der Waals surface area contributed by atoms with Crippen molar-refractivity contribution >= 4 is 17.1 Å². The van der Waals surface area contributed by atoms with E-state index in [1.165, 1.54) is 34.4 Å². The Morgan fingerprint density at radius 3 is 1.51 bits per heavy atom. The minimum atomic E-state index is -0.157. The first-order valence-electron chi connectivity index (χ1n) is 19.4. The molecule has 4 aromatic carbocycles. The highest BCUT2D eigenvalue weighted by molar-refractivity contribution is 5.64. The van der Waals surface area contributed by atoms with Crippen LogP contribution in [0, 0.1) is 17.3 Å². The van der Waals surface area contributed by atoms with Crippen LogP contribution in [0.5, 0.6) is 5.75 Å². The third-order valence-corrected chi connectivity index (χ3v) is 9.90. The Labute approximate surface area is 311 Å². The molecule has 0 aromatic heterocycles. The van der Waals surface area contributed by atoms with Gasteiger partial charge in [-0.05, 0) is 143 Å². The van der Waals surface area contributed by atoms with Crippen LogP contribution in [0.2, 0.25) is 0 Å². The van der Waals surface area contributed by atoms with Crippen LogP contribution in [-0.2, 0) is 30.2 Å². The Balaban J connectivity index is 1.46. The normalized spacial score (nSPS) is 13.7. The topological polar surface area (TPSA) is 35.5 Å². The molecule has 0 saturated carbocycles. The van der Waals surface area contributed by atoms with E-state index in [-0.39, 0.29) is 10.8 Å². The first-order chi connectivity index (χ1) is 23.7. The molecule has 0 aliphatic rings. The molecule has 0 bridgehead atoms. The van der Waals surface area contributed by atoms with Gasteiger partial charge in [0.1, 0.15) is 5.75 Å². The van der Waals surface area contributed by atoms with Crippen LogP contribution in [-0.4, -0.2) is 11.1 Å². The zero-order chi connectivity index (χ0) is 37.7. The third kappa shape index (κ3) is 11.9. The third-order valence-electron chi connectivity index (χ3n) is 9.90. The number of aromatic hydroxyl groups is 1. The van der Waals surface area contributed by atoms with Crippen molar-refractivity contribution in [3.63, 3.8) is 0 Å². The predicted octanol–water partition coefficient (Wildman–Crippen LogP) is 13.4. The zero-order valence-corrected chi connectivity index (χ0v) is 34.2. The van der Waals surface area contributed by atoms with Crippen molar-refractivity contribution in [1.29, 1.82) is 0 Å². The molecule has 2 N–H and O–H groups in total. The SMILES string of the molecule is CC(C)CC(C)N(Cc1cc(C(C)(C)C)c(O)c(C(C)(C)C)c1)c1ccc(Nc2ccc(Cc3ccc(CC(C)CC(C)(C)C)cc3)cc2)cc1. The summed E-state index contributed by atoms with van der Waals surface area (Å²) in [5.74, 6) is 1.72. The quantitative estimate of drug-likeness (QED) is 0.147. The lowest BCUT2D eigenvalue weighted by atomic mass is 9.78. The van der Waals surface area contributed by atoms with E-state index in [1.54, 1.807) is 0 Å². The van der Waals surface area contributed by atoms with Gasteiger partial charge in [0.15, 0.2) is 0 Å². The van der Waals surface area contributed by atoms with E-state index in [2.05, 4.69) is 185 Å². The molecule has 0 fully saturated rings. The first kappa shape index (κ1) is 40.1. The van der Waals surface area contributed by atoms with E-state index in [0.717, 1.165) is 48.3 Å². The number of nitrogens with zero attached hydrogens (tertiary/aromatic N) is 1. The summed E-state index contributed by atoms with van der Waals surface area (Å²) in [4.78, 5) is 2.53.